The van der Waals surface area contributed by atoms with E-state index in [2.05, 4.69) is 32.8 Å². The monoisotopic (exact) mass is 468 g/mol. The quantitative estimate of drug-likeness (QED) is 0.561. The molecular formula is C25H26ClFN4O2. The van der Waals surface area contributed by atoms with E-state index in [4.69, 9.17) is 11.6 Å². The highest BCUT2D eigenvalue weighted by molar-refractivity contribution is 6.31. The van der Waals surface area contributed by atoms with Crippen molar-refractivity contribution in [3.63, 3.8) is 0 Å². The van der Waals surface area contributed by atoms with E-state index < -0.39 is 18.0 Å². The van der Waals surface area contributed by atoms with E-state index in [1.54, 1.807) is 18.3 Å². The number of nitrogens with one attached hydrogen (secondary N) is 3. The van der Waals surface area contributed by atoms with Gasteiger partial charge in [0.2, 0.25) is 11.8 Å². The predicted octanol–water partition coefficient (Wildman–Crippen LogP) is 3.90. The van der Waals surface area contributed by atoms with Crippen LogP contribution in [0.1, 0.15) is 73.6 Å². The summed E-state index contributed by atoms with van der Waals surface area (Å²) in [6.07, 6.45) is 4.44. The molecule has 2 heterocycles. The first kappa shape index (κ1) is 23.2. The Bertz CT molecular complexity index is 1110. The zero-order valence-corrected chi connectivity index (χ0v) is 19.1. The first-order valence-corrected chi connectivity index (χ1v) is 11.6. The van der Waals surface area contributed by atoms with Gasteiger partial charge in [-0.05, 0) is 37.5 Å². The Labute approximate surface area is 197 Å². The number of halogens is 2. The molecule has 2 amide bonds. The lowest BCUT2D eigenvalue weighted by molar-refractivity contribution is -0.124. The molecule has 0 bridgehead atoms. The molecule has 1 aliphatic heterocycles. The lowest BCUT2D eigenvalue weighted by Crippen LogP contribution is -2.47. The molecule has 1 aliphatic carbocycles. The highest BCUT2D eigenvalue weighted by Gasteiger charge is 2.32. The second-order valence-corrected chi connectivity index (χ2v) is 8.81. The van der Waals surface area contributed by atoms with Gasteiger partial charge >= 0.3 is 0 Å². The Morgan fingerprint density at radius 3 is 2.82 bits per heavy atom. The Morgan fingerprint density at radius 1 is 1.30 bits per heavy atom. The third kappa shape index (κ3) is 5.89. The van der Waals surface area contributed by atoms with Crippen molar-refractivity contribution in [1.82, 2.24) is 20.9 Å². The van der Waals surface area contributed by atoms with Crippen molar-refractivity contribution in [3.05, 3.63) is 63.7 Å². The second-order valence-electron chi connectivity index (χ2n) is 8.40. The third-order valence-electron chi connectivity index (χ3n) is 5.65. The van der Waals surface area contributed by atoms with E-state index in [1.807, 2.05) is 19.1 Å². The molecule has 2 unspecified atom stereocenters. The predicted molar refractivity (Wildman–Crippen MR) is 123 cm³/mol. The van der Waals surface area contributed by atoms with Crippen LogP contribution >= 0.6 is 11.6 Å². The zero-order chi connectivity index (χ0) is 23.4. The Morgan fingerprint density at radius 2 is 2.12 bits per heavy atom. The van der Waals surface area contributed by atoms with Crippen molar-refractivity contribution in [1.29, 1.82) is 0 Å². The smallest absolute Gasteiger partial charge is 0.223 e. The number of benzene rings is 1. The summed E-state index contributed by atoms with van der Waals surface area (Å²) in [7, 11) is 0. The van der Waals surface area contributed by atoms with Gasteiger partial charge in [-0.1, -0.05) is 36.4 Å². The molecule has 0 spiro atoms. The summed E-state index contributed by atoms with van der Waals surface area (Å²) in [5, 5.41) is 8.91. The number of aromatic nitrogens is 1. The first-order chi connectivity index (χ1) is 15.9. The van der Waals surface area contributed by atoms with E-state index in [1.165, 1.54) is 0 Å². The zero-order valence-electron chi connectivity index (χ0n) is 18.4. The number of amides is 2. The maximum absolute atomic E-state index is 15.4. The molecule has 3 N–H and O–H groups in total. The maximum Gasteiger partial charge on any atom is 0.223 e. The van der Waals surface area contributed by atoms with Crippen molar-refractivity contribution < 1.29 is 14.0 Å². The Hall–Kier alpha value is -2.95. The van der Waals surface area contributed by atoms with Gasteiger partial charge in [0.1, 0.15) is 12.0 Å². The molecule has 33 heavy (non-hydrogen) atoms. The minimum Gasteiger partial charge on any atom is -0.352 e. The van der Waals surface area contributed by atoms with Crippen molar-refractivity contribution in [2.24, 2.45) is 5.92 Å². The molecule has 172 valence electrons. The topological polar surface area (TPSA) is 83.1 Å². The Balaban J connectivity index is 1.51. The molecule has 0 radical (unpaired) electrons. The van der Waals surface area contributed by atoms with E-state index in [-0.39, 0.29) is 35.4 Å². The first-order valence-electron chi connectivity index (χ1n) is 11.2. The number of nitrogens with zero attached hydrogens (tertiary/aromatic N) is 1. The van der Waals surface area contributed by atoms with Crippen LogP contribution in [0, 0.1) is 23.6 Å². The molecule has 2 aromatic rings. The fourth-order valence-corrected chi connectivity index (χ4v) is 3.93. The number of carbonyl (C=O) groups is 2. The van der Waals surface area contributed by atoms with Crippen LogP contribution in [0.5, 0.6) is 0 Å². The fraction of sp³-hybridized carbons (Fsp3) is 0.400. The number of rotatable bonds is 6. The summed E-state index contributed by atoms with van der Waals surface area (Å²) < 4.78 is 15.4. The minimum atomic E-state index is -0.828. The van der Waals surface area contributed by atoms with Crippen molar-refractivity contribution in [3.8, 4) is 11.8 Å². The van der Waals surface area contributed by atoms with Crippen LogP contribution in [0.15, 0.2) is 30.5 Å². The van der Waals surface area contributed by atoms with Gasteiger partial charge in [0.15, 0.2) is 0 Å². The summed E-state index contributed by atoms with van der Waals surface area (Å²) in [4.78, 5) is 28.7. The van der Waals surface area contributed by atoms with Crippen LogP contribution in [0.25, 0.3) is 0 Å². The minimum absolute atomic E-state index is 0.0455. The van der Waals surface area contributed by atoms with E-state index in [9.17, 15) is 9.59 Å². The van der Waals surface area contributed by atoms with Crippen molar-refractivity contribution in [2.75, 3.05) is 0 Å². The number of hydrogen-bond donors (Lipinski definition) is 3. The molecule has 4 rings (SSSR count). The summed E-state index contributed by atoms with van der Waals surface area (Å²) in [5.74, 6) is 5.88. The summed E-state index contributed by atoms with van der Waals surface area (Å²) in [6, 6.07) is 6.43. The molecule has 1 aromatic carbocycles. The van der Waals surface area contributed by atoms with Gasteiger partial charge < -0.3 is 10.6 Å². The van der Waals surface area contributed by atoms with Crippen molar-refractivity contribution in [2.45, 2.75) is 57.8 Å². The highest BCUT2D eigenvalue weighted by Crippen LogP contribution is 2.32. The maximum atomic E-state index is 15.4. The molecule has 1 saturated heterocycles. The van der Waals surface area contributed by atoms with Gasteiger partial charge in [0, 0.05) is 48.2 Å². The molecule has 1 aromatic heterocycles. The SMILES string of the molecule is CCCC(=O)NCc1ccc(Cl)c(C2NC(=O)CC(c3ccc(C#CC4CC4)cn3)N2)c1F. The molecule has 6 nitrogen and oxygen atoms in total. The number of carbonyl (C=O) groups excluding carboxylic acids is 2. The average molecular weight is 469 g/mol. The van der Waals surface area contributed by atoms with E-state index >= 15 is 4.39 Å². The molecule has 2 aliphatic rings. The average Bonchev–Trinajstić information content (AvgIpc) is 3.62. The van der Waals surface area contributed by atoms with Crippen LogP contribution < -0.4 is 16.0 Å². The van der Waals surface area contributed by atoms with Gasteiger partial charge in [-0.3, -0.25) is 19.9 Å². The van der Waals surface area contributed by atoms with Crippen LogP contribution in [-0.2, 0) is 16.1 Å². The third-order valence-corrected chi connectivity index (χ3v) is 5.98. The van der Waals surface area contributed by atoms with Gasteiger partial charge in [-0.2, -0.15) is 0 Å². The fourth-order valence-electron chi connectivity index (χ4n) is 3.68. The normalized spacial score (nSPS) is 19.9. The lowest BCUT2D eigenvalue weighted by atomic mass is 10.0. The van der Waals surface area contributed by atoms with Crippen LogP contribution in [-0.4, -0.2) is 16.8 Å². The molecule has 2 atom stereocenters. The van der Waals surface area contributed by atoms with Gasteiger partial charge in [-0.15, -0.1) is 0 Å². The second kappa shape index (κ2) is 10.3. The van der Waals surface area contributed by atoms with E-state index in [0.717, 1.165) is 18.4 Å². The number of pyridine rings is 1. The lowest BCUT2D eigenvalue weighted by Gasteiger charge is -2.32. The van der Waals surface area contributed by atoms with Crippen LogP contribution in [0.2, 0.25) is 5.02 Å². The highest BCUT2D eigenvalue weighted by atomic mass is 35.5. The largest absolute Gasteiger partial charge is 0.352 e. The van der Waals surface area contributed by atoms with Gasteiger partial charge in [0.05, 0.1) is 16.8 Å². The van der Waals surface area contributed by atoms with Crippen LogP contribution in [0.3, 0.4) is 0 Å². The van der Waals surface area contributed by atoms with Crippen molar-refractivity contribution >= 4 is 23.4 Å². The summed E-state index contributed by atoms with van der Waals surface area (Å²) >= 11 is 6.33. The van der Waals surface area contributed by atoms with Crippen LogP contribution in [0.4, 0.5) is 4.39 Å². The summed E-state index contributed by atoms with van der Waals surface area (Å²) in [5.41, 5.74) is 1.94. The molecule has 1 saturated carbocycles. The molecular weight excluding hydrogens is 443 g/mol. The van der Waals surface area contributed by atoms with E-state index in [0.29, 0.717) is 30.0 Å². The Kier molecular flexibility index (Phi) is 7.26. The summed E-state index contributed by atoms with van der Waals surface area (Å²) in [6.45, 7) is 1.95. The molecule has 8 heteroatoms. The van der Waals surface area contributed by atoms with Gasteiger partial charge in [-0.25, -0.2) is 4.39 Å². The number of hydrogen-bond acceptors (Lipinski definition) is 4. The van der Waals surface area contributed by atoms with Gasteiger partial charge in [0.25, 0.3) is 0 Å². The molecule has 2 fully saturated rings. The standard InChI is InChI=1S/C25H26ClFN4O2/c1-2-3-21(32)29-14-17-9-10-18(26)23(24(17)27)25-30-20(12-22(33)31-25)19-11-8-16(13-28-19)7-6-15-4-5-15/h8-11,13,15,20,25,30H,2-5,12,14H2,1H3,(H,29,32)(H,31,33).